The van der Waals surface area contributed by atoms with Crippen LogP contribution in [0.25, 0.3) is 0 Å². The van der Waals surface area contributed by atoms with E-state index in [1.54, 1.807) is 0 Å². The first-order chi connectivity index (χ1) is 13.3. The van der Waals surface area contributed by atoms with Gasteiger partial charge in [0.1, 0.15) is 0 Å². The zero-order valence-electron chi connectivity index (χ0n) is 16.3. The molecule has 1 N–H and O–H groups in total. The first-order valence-electron chi connectivity index (χ1n) is 9.73. The number of hydrogen-bond donors (Lipinski definition) is 1. The molecule has 4 rings (SSSR count). The van der Waals surface area contributed by atoms with Crippen LogP contribution in [0.1, 0.15) is 47.1 Å². The van der Waals surface area contributed by atoms with E-state index in [2.05, 4.69) is 10.4 Å². The van der Waals surface area contributed by atoms with Crippen LogP contribution in [0, 0.1) is 0 Å². The van der Waals surface area contributed by atoms with Gasteiger partial charge in [-0.25, -0.2) is 8.42 Å². The van der Waals surface area contributed by atoms with Crippen molar-refractivity contribution < 1.29 is 13.2 Å². The van der Waals surface area contributed by atoms with E-state index in [-0.39, 0.29) is 23.5 Å². The third-order valence-electron chi connectivity index (χ3n) is 5.62. The molecule has 1 fully saturated rings. The number of nitrogens with zero attached hydrogens (tertiary/aromatic N) is 3. The number of carbonyl (C=O) groups is 1. The lowest BCUT2D eigenvalue weighted by Crippen LogP contribution is -2.17. The highest BCUT2D eigenvalue weighted by molar-refractivity contribution is 7.91. The third kappa shape index (κ3) is 3.65. The first kappa shape index (κ1) is 19.0. The molecule has 0 radical (unpaired) electrons. The average molecular weight is 403 g/mol. The standard InChI is InChI=1S/C20H26N4O3S/c1-23(2)15-9-7-14(8-10-15)21-20(25)19-17-5-3-4-6-18(17)24(22-19)16-11-12-28(26,27)13-16/h7-10,16H,3-6,11-13H2,1-2H3,(H,21,25). The summed E-state index contributed by atoms with van der Waals surface area (Å²) in [4.78, 5) is 14.9. The summed E-state index contributed by atoms with van der Waals surface area (Å²) in [6.07, 6.45) is 4.31. The lowest BCUT2D eigenvalue weighted by Gasteiger charge is -2.17. The number of rotatable bonds is 4. The molecule has 1 saturated heterocycles. The number of anilines is 2. The van der Waals surface area contributed by atoms with Gasteiger partial charge in [0.05, 0.1) is 17.5 Å². The van der Waals surface area contributed by atoms with Crippen LogP contribution >= 0.6 is 0 Å². The Kier molecular flexibility index (Phi) is 4.91. The van der Waals surface area contributed by atoms with E-state index in [4.69, 9.17) is 0 Å². The number of benzene rings is 1. The molecule has 0 bridgehead atoms. The van der Waals surface area contributed by atoms with Crippen molar-refractivity contribution in [3.8, 4) is 0 Å². The van der Waals surface area contributed by atoms with Gasteiger partial charge < -0.3 is 10.2 Å². The minimum Gasteiger partial charge on any atom is -0.378 e. The molecular formula is C20H26N4O3S. The molecular weight excluding hydrogens is 376 g/mol. The molecule has 2 aromatic rings. The van der Waals surface area contributed by atoms with Crippen molar-refractivity contribution in [3.05, 3.63) is 41.2 Å². The molecule has 0 spiro atoms. The summed E-state index contributed by atoms with van der Waals surface area (Å²) in [5, 5.41) is 7.56. The minimum absolute atomic E-state index is 0.119. The zero-order chi connectivity index (χ0) is 19.9. The summed E-state index contributed by atoms with van der Waals surface area (Å²) >= 11 is 0. The SMILES string of the molecule is CN(C)c1ccc(NC(=O)c2nn(C3CCS(=O)(=O)C3)c3c2CCCC3)cc1. The highest BCUT2D eigenvalue weighted by Gasteiger charge is 2.34. The van der Waals surface area contributed by atoms with E-state index < -0.39 is 9.84 Å². The second-order valence-corrected chi connectivity index (χ2v) is 10.1. The fourth-order valence-corrected chi connectivity index (χ4v) is 5.80. The van der Waals surface area contributed by atoms with Crippen molar-refractivity contribution in [1.29, 1.82) is 0 Å². The van der Waals surface area contributed by atoms with Crippen molar-refractivity contribution >= 4 is 27.1 Å². The lowest BCUT2D eigenvalue weighted by molar-refractivity contribution is 0.102. The smallest absolute Gasteiger partial charge is 0.276 e. The summed E-state index contributed by atoms with van der Waals surface area (Å²) in [7, 11) is 0.930. The Morgan fingerprint density at radius 1 is 1.18 bits per heavy atom. The number of nitrogens with one attached hydrogen (secondary N) is 1. The van der Waals surface area contributed by atoms with Gasteiger partial charge in [-0.15, -0.1) is 0 Å². The molecule has 1 unspecified atom stereocenters. The number of fused-ring (bicyclic) bond motifs is 1. The Morgan fingerprint density at radius 2 is 1.89 bits per heavy atom. The molecule has 150 valence electrons. The fourth-order valence-electron chi connectivity index (χ4n) is 4.11. The number of amides is 1. The molecule has 1 aliphatic carbocycles. The molecule has 1 aliphatic heterocycles. The van der Waals surface area contributed by atoms with Gasteiger partial charge in [0.25, 0.3) is 5.91 Å². The zero-order valence-corrected chi connectivity index (χ0v) is 17.1. The number of carbonyl (C=O) groups excluding carboxylic acids is 1. The van der Waals surface area contributed by atoms with Gasteiger partial charge in [0.15, 0.2) is 15.5 Å². The summed E-state index contributed by atoms with van der Waals surface area (Å²) in [5.74, 6) is 0.0932. The van der Waals surface area contributed by atoms with E-state index in [0.29, 0.717) is 12.1 Å². The number of hydrogen-bond acceptors (Lipinski definition) is 5. The maximum atomic E-state index is 12.9. The molecule has 8 heteroatoms. The summed E-state index contributed by atoms with van der Waals surface area (Å²) < 4.78 is 25.7. The van der Waals surface area contributed by atoms with Gasteiger partial charge in [-0.1, -0.05) is 0 Å². The topological polar surface area (TPSA) is 84.3 Å². The highest BCUT2D eigenvalue weighted by Crippen LogP contribution is 2.31. The van der Waals surface area contributed by atoms with E-state index in [9.17, 15) is 13.2 Å². The van der Waals surface area contributed by atoms with Crippen LogP contribution in [0.5, 0.6) is 0 Å². The Morgan fingerprint density at radius 3 is 2.54 bits per heavy atom. The Labute approximate surface area is 165 Å². The van der Waals surface area contributed by atoms with Gasteiger partial charge in [-0.3, -0.25) is 9.48 Å². The Balaban J connectivity index is 1.61. The molecule has 2 heterocycles. The highest BCUT2D eigenvalue weighted by atomic mass is 32.2. The predicted molar refractivity (Wildman–Crippen MR) is 110 cm³/mol. The summed E-state index contributed by atoms with van der Waals surface area (Å²) in [6, 6.07) is 7.50. The first-order valence-corrected chi connectivity index (χ1v) is 11.6. The van der Waals surface area contributed by atoms with Crippen LogP contribution in [-0.4, -0.2) is 49.7 Å². The molecule has 28 heavy (non-hydrogen) atoms. The van der Waals surface area contributed by atoms with E-state index >= 15 is 0 Å². The largest absolute Gasteiger partial charge is 0.378 e. The quantitative estimate of drug-likeness (QED) is 0.849. The van der Waals surface area contributed by atoms with Gasteiger partial charge >= 0.3 is 0 Å². The molecule has 1 aromatic carbocycles. The number of aromatic nitrogens is 2. The van der Waals surface area contributed by atoms with Crippen molar-refractivity contribution in [3.63, 3.8) is 0 Å². The molecule has 1 aromatic heterocycles. The maximum absolute atomic E-state index is 12.9. The van der Waals surface area contributed by atoms with E-state index in [0.717, 1.165) is 48.3 Å². The van der Waals surface area contributed by atoms with Crippen LogP contribution in [0.3, 0.4) is 0 Å². The van der Waals surface area contributed by atoms with Crippen molar-refractivity contribution in [2.24, 2.45) is 0 Å². The second-order valence-electron chi connectivity index (χ2n) is 7.88. The van der Waals surface area contributed by atoms with Crippen LogP contribution in [0.15, 0.2) is 24.3 Å². The molecule has 1 amide bonds. The monoisotopic (exact) mass is 402 g/mol. The van der Waals surface area contributed by atoms with E-state index in [1.165, 1.54) is 0 Å². The number of sulfone groups is 1. The van der Waals surface area contributed by atoms with Gasteiger partial charge in [0, 0.05) is 36.7 Å². The Hall–Kier alpha value is -2.35. The molecule has 7 nitrogen and oxygen atoms in total. The summed E-state index contributed by atoms with van der Waals surface area (Å²) in [5.41, 5.74) is 4.25. The summed E-state index contributed by atoms with van der Waals surface area (Å²) in [6.45, 7) is 0. The molecule has 0 saturated carbocycles. The van der Waals surface area contributed by atoms with Crippen LogP contribution < -0.4 is 10.2 Å². The predicted octanol–water partition coefficient (Wildman–Crippen LogP) is 2.44. The minimum atomic E-state index is -3.01. The van der Waals surface area contributed by atoms with Crippen molar-refractivity contribution in [2.75, 3.05) is 35.8 Å². The van der Waals surface area contributed by atoms with Crippen LogP contribution in [0.2, 0.25) is 0 Å². The average Bonchev–Trinajstić information content (AvgIpc) is 3.22. The fraction of sp³-hybridized carbons (Fsp3) is 0.500. The Bertz CT molecular complexity index is 993. The van der Waals surface area contributed by atoms with Crippen molar-refractivity contribution in [2.45, 2.75) is 38.1 Å². The third-order valence-corrected chi connectivity index (χ3v) is 7.37. The van der Waals surface area contributed by atoms with Gasteiger partial charge in [0.2, 0.25) is 0 Å². The molecule has 1 atom stereocenters. The van der Waals surface area contributed by atoms with Crippen LogP contribution in [0.4, 0.5) is 11.4 Å². The molecule has 2 aliphatic rings. The maximum Gasteiger partial charge on any atom is 0.276 e. The van der Waals surface area contributed by atoms with Crippen LogP contribution in [-0.2, 0) is 22.7 Å². The second kappa shape index (κ2) is 7.24. The van der Waals surface area contributed by atoms with Gasteiger partial charge in [-0.05, 0) is 56.4 Å². The van der Waals surface area contributed by atoms with E-state index in [1.807, 2.05) is 47.9 Å². The van der Waals surface area contributed by atoms with Gasteiger partial charge in [-0.2, -0.15) is 5.10 Å². The normalized spacial score (nSPS) is 20.6. The van der Waals surface area contributed by atoms with Crippen molar-refractivity contribution in [1.82, 2.24) is 9.78 Å². The lowest BCUT2D eigenvalue weighted by atomic mass is 9.95.